The first-order valence-electron chi connectivity index (χ1n) is 9.86. The maximum atomic E-state index is 13.1. The average Bonchev–Trinajstić information content (AvgIpc) is 3.06. The van der Waals surface area contributed by atoms with Crippen molar-refractivity contribution in [1.29, 1.82) is 0 Å². The number of carbonyl (C=O) groups excluding carboxylic acids is 2. The molecule has 0 bridgehead atoms. The molecular formula is C24H19ClN2O5. The van der Waals surface area contributed by atoms with Crippen molar-refractivity contribution < 1.29 is 24.5 Å². The fourth-order valence-corrected chi connectivity index (χ4v) is 3.74. The minimum atomic E-state index is -0.986. The lowest BCUT2D eigenvalue weighted by Gasteiger charge is -2.25. The molecule has 2 N–H and O–H groups in total. The number of aromatic hydroxyl groups is 1. The van der Waals surface area contributed by atoms with Crippen LogP contribution >= 0.6 is 11.6 Å². The van der Waals surface area contributed by atoms with E-state index in [2.05, 4.69) is 4.98 Å². The van der Waals surface area contributed by atoms with Crippen molar-refractivity contribution >= 4 is 34.9 Å². The minimum Gasteiger partial charge on any atom is -0.507 e. The van der Waals surface area contributed by atoms with Gasteiger partial charge in [-0.15, -0.1) is 0 Å². The molecule has 162 valence electrons. The van der Waals surface area contributed by atoms with Crippen molar-refractivity contribution in [2.75, 3.05) is 11.5 Å². The van der Waals surface area contributed by atoms with Crippen LogP contribution in [0.5, 0.6) is 11.5 Å². The van der Waals surface area contributed by atoms with Crippen LogP contribution in [0.2, 0.25) is 5.02 Å². The number of nitrogens with zero attached hydrogens (tertiary/aromatic N) is 2. The molecule has 2 aromatic carbocycles. The molecule has 8 heteroatoms. The summed E-state index contributed by atoms with van der Waals surface area (Å²) in [7, 11) is 0. The summed E-state index contributed by atoms with van der Waals surface area (Å²) in [6.45, 7) is 2.08. The fourth-order valence-electron chi connectivity index (χ4n) is 3.62. The van der Waals surface area contributed by atoms with Gasteiger partial charge < -0.3 is 14.9 Å². The first-order chi connectivity index (χ1) is 15.4. The van der Waals surface area contributed by atoms with Crippen LogP contribution in [0.4, 0.5) is 5.82 Å². The second kappa shape index (κ2) is 8.72. The minimum absolute atomic E-state index is 0.0805. The SMILES string of the molecule is CCOc1cc(C2/C(=C(/O)c3ccc(Cl)cc3)C(=O)C(=O)N2c2ccccn2)ccc1O. The number of aromatic nitrogens is 1. The zero-order valence-electron chi connectivity index (χ0n) is 17.0. The van der Waals surface area contributed by atoms with E-state index < -0.39 is 17.7 Å². The van der Waals surface area contributed by atoms with Gasteiger partial charge >= 0.3 is 5.91 Å². The summed E-state index contributed by atoms with van der Waals surface area (Å²) in [5, 5.41) is 21.6. The number of hydrogen-bond acceptors (Lipinski definition) is 6. The van der Waals surface area contributed by atoms with Crippen LogP contribution < -0.4 is 9.64 Å². The summed E-state index contributed by atoms with van der Waals surface area (Å²) < 4.78 is 5.48. The molecule has 2 heterocycles. The number of ketones is 1. The van der Waals surface area contributed by atoms with Crippen LogP contribution in [0.3, 0.4) is 0 Å². The zero-order valence-corrected chi connectivity index (χ0v) is 17.8. The van der Waals surface area contributed by atoms with Crippen molar-refractivity contribution in [2.45, 2.75) is 13.0 Å². The topological polar surface area (TPSA) is 100.0 Å². The third kappa shape index (κ3) is 3.78. The number of aliphatic hydroxyl groups excluding tert-OH is 1. The highest BCUT2D eigenvalue weighted by atomic mass is 35.5. The van der Waals surface area contributed by atoms with Crippen molar-refractivity contribution in [3.8, 4) is 11.5 Å². The van der Waals surface area contributed by atoms with Crippen molar-refractivity contribution in [3.63, 3.8) is 0 Å². The molecule has 1 unspecified atom stereocenters. The molecule has 1 amide bonds. The van der Waals surface area contributed by atoms with Gasteiger partial charge in [-0.2, -0.15) is 0 Å². The molecule has 1 aromatic heterocycles. The lowest BCUT2D eigenvalue weighted by molar-refractivity contribution is -0.132. The van der Waals surface area contributed by atoms with Gasteiger partial charge in [-0.1, -0.05) is 23.7 Å². The molecule has 32 heavy (non-hydrogen) atoms. The van der Waals surface area contributed by atoms with Crippen molar-refractivity contribution in [3.05, 3.63) is 88.6 Å². The summed E-state index contributed by atoms with van der Waals surface area (Å²) in [5.41, 5.74) is 0.699. The van der Waals surface area contributed by atoms with Gasteiger partial charge in [-0.05, 0) is 61.0 Å². The molecule has 7 nitrogen and oxygen atoms in total. The molecule has 3 aromatic rings. The van der Waals surface area contributed by atoms with Gasteiger partial charge in [0.15, 0.2) is 11.5 Å². The molecule has 0 spiro atoms. The van der Waals surface area contributed by atoms with E-state index in [1.165, 1.54) is 17.2 Å². The Hall–Kier alpha value is -3.84. The second-order valence-corrected chi connectivity index (χ2v) is 7.46. The van der Waals surface area contributed by atoms with E-state index in [0.29, 0.717) is 22.8 Å². The highest BCUT2D eigenvalue weighted by Crippen LogP contribution is 2.43. The summed E-state index contributed by atoms with van der Waals surface area (Å²) in [6.07, 6.45) is 1.51. The number of amides is 1. The Kier molecular flexibility index (Phi) is 5.83. The lowest BCUT2D eigenvalue weighted by Crippen LogP contribution is -2.30. The zero-order chi connectivity index (χ0) is 22.8. The van der Waals surface area contributed by atoms with Crippen LogP contribution in [0.25, 0.3) is 5.76 Å². The number of anilines is 1. The van der Waals surface area contributed by atoms with E-state index in [9.17, 15) is 19.8 Å². The summed E-state index contributed by atoms with van der Waals surface area (Å²) in [5.74, 6) is -1.64. The molecule has 1 aliphatic rings. The molecule has 1 aliphatic heterocycles. The normalized spacial score (nSPS) is 17.6. The largest absolute Gasteiger partial charge is 0.507 e. The van der Waals surface area contributed by atoms with Gasteiger partial charge in [0.1, 0.15) is 11.6 Å². The number of benzene rings is 2. The van der Waals surface area contributed by atoms with E-state index in [4.69, 9.17) is 16.3 Å². The molecule has 4 rings (SSSR count). The Balaban J connectivity index is 1.95. The molecule has 0 radical (unpaired) electrons. The Morgan fingerprint density at radius 2 is 1.88 bits per heavy atom. The van der Waals surface area contributed by atoms with E-state index >= 15 is 0 Å². The molecule has 1 saturated heterocycles. The quantitative estimate of drug-likeness (QED) is 0.338. The smallest absolute Gasteiger partial charge is 0.301 e. The number of rotatable bonds is 5. The third-order valence-corrected chi connectivity index (χ3v) is 5.31. The number of phenolic OH excluding ortho intramolecular Hbond substituents is 1. The molecule has 0 saturated carbocycles. The number of Topliss-reactive ketones (excluding diaryl/α,β-unsaturated/α-hetero) is 1. The number of hydrogen-bond donors (Lipinski definition) is 2. The van der Waals surface area contributed by atoms with Crippen LogP contribution in [-0.4, -0.2) is 33.5 Å². The van der Waals surface area contributed by atoms with Gasteiger partial charge in [0.25, 0.3) is 5.78 Å². The van der Waals surface area contributed by atoms with Crippen LogP contribution in [0, 0.1) is 0 Å². The number of phenols is 1. The first-order valence-corrected chi connectivity index (χ1v) is 10.2. The lowest BCUT2D eigenvalue weighted by atomic mass is 9.95. The monoisotopic (exact) mass is 450 g/mol. The predicted molar refractivity (Wildman–Crippen MR) is 120 cm³/mol. The molecular weight excluding hydrogens is 432 g/mol. The Morgan fingerprint density at radius 1 is 1.12 bits per heavy atom. The van der Waals surface area contributed by atoms with Gasteiger partial charge in [0.05, 0.1) is 18.2 Å². The summed E-state index contributed by atoms with van der Waals surface area (Å²) in [6, 6.07) is 14.8. The molecule has 1 atom stereocenters. The molecule has 1 fully saturated rings. The van der Waals surface area contributed by atoms with Crippen molar-refractivity contribution in [1.82, 2.24) is 4.98 Å². The van der Waals surface area contributed by atoms with Crippen molar-refractivity contribution in [2.24, 2.45) is 0 Å². The predicted octanol–water partition coefficient (Wildman–Crippen LogP) is 4.47. The summed E-state index contributed by atoms with van der Waals surface area (Å²) >= 11 is 5.94. The first kappa shape index (κ1) is 21.4. The second-order valence-electron chi connectivity index (χ2n) is 7.02. The maximum absolute atomic E-state index is 13.1. The highest BCUT2D eigenvalue weighted by molar-refractivity contribution is 6.51. The van der Waals surface area contributed by atoms with Gasteiger partial charge in [0.2, 0.25) is 0 Å². The van der Waals surface area contributed by atoms with Crippen LogP contribution in [0.15, 0.2) is 72.4 Å². The Bertz CT molecular complexity index is 1210. The number of ether oxygens (including phenoxy) is 1. The van der Waals surface area contributed by atoms with E-state index in [0.717, 1.165) is 0 Å². The Labute approximate surface area is 189 Å². The average molecular weight is 451 g/mol. The van der Waals surface area contributed by atoms with Gasteiger partial charge in [-0.25, -0.2) is 4.98 Å². The maximum Gasteiger partial charge on any atom is 0.301 e. The number of pyridine rings is 1. The standard InChI is InChI=1S/C24H19ClN2O5/c1-2-32-18-13-15(8-11-17(18)28)21-20(22(29)14-6-9-16(25)10-7-14)23(30)24(31)27(21)19-5-3-4-12-26-19/h3-13,21,28-29H,2H2,1H3/b22-20-. The number of aliphatic hydroxyl groups is 1. The third-order valence-electron chi connectivity index (χ3n) is 5.06. The Morgan fingerprint density at radius 3 is 2.53 bits per heavy atom. The van der Waals surface area contributed by atoms with Crippen LogP contribution in [-0.2, 0) is 9.59 Å². The van der Waals surface area contributed by atoms with E-state index in [-0.39, 0.29) is 28.6 Å². The van der Waals surface area contributed by atoms with E-state index in [1.54, 1.807) is 61.5 Å². The molecule has 0 aliphatic carbocycles. The number of carbonyl (C=O) groups is 2. The van der Waals surface area contributed by atoms with E-state index in [1.807, 2.05) is 0 Å². The fraction of sp³-hybridized carbons (Fsp3) is 0.125. The van der Waals surface area contributed by atoms with Gasteiger partial charge in [-0.3, -0.25) is 14.5 Å². The highest BCUT2D eigenvalue weighted by Gasteiger charge is 2.47. The number of halogens is 1. The van der Waals surface area contributed by atoms with Gasteiger partial charge in [0, 0.05) is 16.8 Å². The van der Waals surface area contributed by atoms with Crippen LogP contribution in [0.1, 0.15) is 24.1 Å². The summed E-state index contributed by atoms with van der Waals surface area (Å²) in [4.78, 5) is 31.6.